The third kappa shape index (κ3) is 4.53. The average Bonchev–Trinajstić information content (AvgIpc) is 2.35. The first kappa shape index (κ1) is 18.1. The standard InChI is InChI=1S/C16H27NO3S/c1-11-7-8-14(16(4,5)6)9-15(11)21(19,20)17-13(3)12(2)10-18/h7-9,12-13,17-18H,10H2,1-6H3. The van der Waals surface area contributed by atoms with Crippen molar-refractivity contribution in [2.45, 2.75) is 57.9 Å². The van der Waals surface area contributed by atoms with Crippen LogP contribution < -0.4 is 4.72 Å². The fourth-order valence-corrected chi connectivity index (χ4v) is 3.56. The van der Waals surface area contributed by atoms with Gasteiger partial charge in [0.25, 0.3) is 0 Å². The van der Waals surface area contributed by atoms with E-state index >= 15 is 0 Å². The minimum atomic E-state index is -3.59. The molecule has 2 unspecified atom stereocenters. The molecular formula is C16H27NO3S. The summed E-state index contributed by atoms with van der Waals surface area (Å²) in [4.78, 5) is 0.312. The van der Waals surface area contributed by atoms with Crippen molar-refractivity contribution in [1.82, 2.24) is 4.72 Å². The normalized spacial score (nSPS) is 15.8. The van der Waals surface area contributed by atoms with Crippen molar-refractivity contribution in [2.24, 2.45) is 5.92 Å². The lowest BCUT2D eigenvalue weighted by molar-refractivity contribution is 0.216. The van der Waals surface area contributed by atoms with E-state index in [0.717, 1.165) is 11.1 Å². The number of sulfonamides is 1. The lowest BCUT2D eigenvalue weighted by Crippen LogP contribution is -2.38. The van der Waals surface area contributed by atoms with E-state index in [0.29, 0.717) is 4.90 Å². The van der Waals surface area contributed by atoms with Crippen molar-refractivity contribution in [3.05, 3.63) is 29.3 Å². The first-order chi connectivity index (χ1) is 9.49. The van der Waals surface area contributed by atoms with Crippen LogP contribution in [-0.4, -0.2) is 26.2 Å². The zero-order valence-corrected chi connectivity index (χ0v) is 14.6. The fraction of sp³-hybridized carbons (Fsp3) is 0.625. The van der Waals surface area contributed by atoms with Crippen molar-refractivity contribution in [3.8, 4) is 0 Å². The van der Waals surface area contributed by atoms with E-state index < -0.39 is 10.0 Å². The summed E-state index contributed by atoms with van der Waals surface area (Å²) in [5.74, 6) is -0.133. The van der Waals surface area contributed by atoms with Crippen molar-refractivity contribution < 1.29 is 13.5 Å². The van der Waals surface area contributed by atoms with E-state index in [4.69, 9.17) is 5.11 Å². The van der Waals surface area contributed by atoms with Crippen LogP contribution in [0.15, 0.2) is 23.1 Å². The van der Waals surface area contributed by atoms with Gasteiger partial charge in [0.1, 0.15) is 0 Å². The number of rotatable bonds is 5. The molecule has 0 aromatic heterocycles. The van der Waals surface area contributed by atoms with Crippen LogP contribution in [0.2, 0.25) is 0 Å². The van der Waals surface area contributed by atoms with Crippen LogP contribution in [-0.2, 0) is 15.4 Å². The highest BCUT2D eigenvalue weighted by molar-refractivity contribution is 7.89. The van der Waals surface area contributed by atoms with Gasteiger partial charge >= 0.3 is 0 Å². The summed E-state index contributed by atoms with van der Waals surface area (Å²) in [6.07, 6.45) is 0. The molecule has 4 nitrogen and oxygen atoms in total. The molecule has 1 aromatic rings. The minimum absolute atomic E-state index is 0.0509. The molecule has 0 spiro atoms. The molecule has 0 heterocycles. The predicted octanol–water partition coefficient (Wildman–Crippen LogP) is 2.59. The maximum atomic E-state index is 12.6. The van der Waals surface area contributed by atoms with E-state index in [2.05, 4.69) is 25.5 Å². The zero-order valence-electron chi connectivity index (χ0n) is 13.8. The quantitative estimate of drug-likeness (QED) is 0.878. The Hall–Kier alpha value is -0.910. The van der Waals surface area contributed by atoms with Crippen LogP contribution in [0.1, 0.15) is 45.7 Å². The second-order valence-electron chi connectivity index (χ2n) is 6.80. The summed E-state index contributed by atoms with van der Waals surface area (Å²) in [5, 5.41) is 9.14. The molecule has 2 atom stereocenters. The number of nitrogens with one attached hydrogen (secondary N) is 1. The molecule has 120 valence electrons. The number of aliphatic hydroxyl groups is 1. The monoisotopic (exact) mass is 313 g/mol. The molecule has 0 aliphatic carbocycles. The summed E-state index contributed by atoms with van der Waals surface area (Å²) in [6.45, 7) is 11.5. The van der Waals surface area contributed by atoms with Crippen molar-refractivity contribution in [3.63, 3.8) is 0 Å². The molecule has 0 saturated carbocycles. The van der Waals surface area contributed by atoms with Crippen molar-refractivity contribution in [1.29, 1.82) is 0 Å². The van der Waals surface area contributed by atoms with Gasteiger partial charge in [-0.15, -0.1) is 0 Å². The largest absolute Gasteiger partial charge is 0.396 e. The molecule has 0 radical (unpaired) electrons. The summed E-state index contributed by atoms with van der Waals surface area (Å²) < 4.78 is 27.8. The van der Waals surface area contributed by atoms with E-state index in [1.54, 1.807) is 19.9 Å². The average molecular weight is 313 g/mol. The van der Waals surface area contributed by atoms with Crippen LogP contribution in [0.3, 0.4) is 0 Å². The fourth-order valence-electron chi connectivity index (χ4n) is 1.94. The molecule has 1 aromatic carbocycles. The SMILES string of the molecule is Cc1ccc(C(C)(C)C)cc1S(=O)(=O)NC(C)C(C)CO. The number of hydrogen-bond acceptors (Lipinski definition) is 3. The molecule has 0 amide bonds. The van der Waals surface area contributed by atoms with Gasteiger partial charge in [-0.3, -0.25) is 0 Å². The minimum Gasteiger partial charge on any atom is -0.396 e. The Morgan fingerprint density at radius 2 is 1.81 bits per heavy atom. The van der Waals surface area contributed by atoms with Crippen LogP contribution in [0.4, 0.5) is 0 Å². The smallest absolute Gasteiger partial charge is 0.241 e. The molecule has 0 fully saturated rings. The highest BCUT2D eigenvalue weighted by Crippen LogP contribution is 2.26. The van der Waals surface area contributed by atoms with Gasteiger partial charge in [-0.2, -0.15) is 0 Å². The van der Waals surface area contributed by atoms with E-state index in [1.165, 1.54) is 0 Å². The molecule has 0 aliphatic heterocycles. The van der Waals surface area contributed by atoms with Gasteiger partial charge in [-0.1, -0.05) is 39.8 Å². The van der Waals surface area contributed by atoms with Crippen molar-refractivity contribution in [2.75, 3.05) is 6.61 Å². The van der Waals surface area contributed by atoms with Gasteiger partial charge in [-0.05, 0) is 42.4 Å². The molecule has 21 heavy (non-hydrogen) atoms. The molecule has 0 saturated heterocycles. The van der Waals surface area contributed by atoms with Gasteiger partial charge in [0.05, 0.1) is 4.90 Å². The number of aryl methyl sites for hydroxylation is 1. The topological polar surface area (TPSA) is 66.4 Å². The second kappa shape index (κ2) is 6.46. The first-order valence-corrected chi connectivity index (χ1v) is 8.71. The van der Waals surface area contributed by atoms with Crippen LogP contribution in [0, 0.1) is 12.8 Å². The Kier molecular flexibility index (Phi) is 5.58. The summed E-state index contributed by atoms with van der Waals surface area (Å²) in [5.41, 5.74) is 1.60. The zero-order chi connectivity index (χ0) is 16.4. The predicted molar refractivity (Wildman–Crippen MR) is 85.9 cm³/mol. The maximum absolute atomic E-state index is 12.6. The van der Waals surface area contributed by atoms with E-state index in [1.807, 2.05) is 19.1 Å². The van der Waals surface area contributed by atoms with Gasteiger partial charge in [0.15, 0.2) is 0 Å². The Labute approximate surface area is 128 Å². The van der Waals surface area contributed by atoms with Crippen molar-refractivity contribution >= 4 is 10.0 Å². The highest BCUT2D eigenvalue weighted by Gasteiger charge is 2.24. The first-order valence-electron chi connectivity index (χ1n) is 7.23. The lowest BCUT2D eigenvalue weighted by Gasteiger charge is -2.23. The number of aliphatic hydroxyl groups excluding tert-OH is 1. The maximum Gasteiger partial charge on any atom is 0.241 e. The van der Waals surface area contributed by atoms with Crippen LogP contribution in [0.25, 0.3) is 0 Å². The third-order valence-electron chi connectivity index (χ3n) is 3.83. The van der Waals surface area contributed by atoms with Crippen LogP contribution in [0.5, 0.6) is 0 Å². The lowest BCUT2D eigenvalue weighted by atomic mass is 9.87. The summed E-state index contributed by atoms with van der Waals surface area (Å²) in [7, 11) is -3.59. The number of hydrogen-bond donors (Lipinski definition) is 2. The molecule has 1 rings (SSSR count). The summed E-state index contributed by atoms with van der Waals surface area (Å²) >= 11 is 0. The molecule has 0 aliphatic rings. The third-order valence-corrected chi connectivity index (χ3v) is 5.53. The Balaban J connectivity index is 3.19. The van der Waals surface area contributed by atoms with E-state index in [9.17, 15) is 8.42 Å². The molecule has 5 heteroatoms. The second-order valence-corrected chi connectivity index (χ2v) is 8.48. The summed E-state index contributed by atoms with van der Waals surface area (Å²) in [6, 6.07) is 5.23. The molecular weight excluding hydrogens is 286 g/mol. The molecule has 0 bridgehead atoms. The van der Waals surface area contributed by atoms with E-state index in [-0.39, 0.29) is 24.0 Å². The van der Waals surface area contributed by atoms with Gasteiger partial charge in [-0.25, -0.2) is 13.1 Å². The Morgan fingerprint density at radius 3 is 2.29 bits per heavy atom. The van der Waals surface area contributed by atoms with Gasteiger partial charge < -0.3 is 5.11 Å². The highest BCUT2D eigenvalue weighted by atomic mass is 32.2. The van der Waals surface area contributed by atoms with Gasteiger partial charge in [0, 0.05) is 12.6 Å². The molecule has 2 N–H and O–H groups in total. The van der Waals surface area contributed by atoms with Gasteiger partial charge in [0.2, 0.25) is 10.0 Å². The Morgan fingerprint density at radius 1 is 1.24 bits per heavy atom. The van der Waals surface area contributed by atoms with Crippen LogP contribution >= 0.6 is 0 Å². The number of benzene rings is 1. The Bertz CT molecular complexity index is 588.